The molecule has 0 N–H and O–H groups in total. The number of aromatic nitrogens is 2. The van der Waals surface area contributed by atoms with Crippen molar-refractivity contribution in [3.8, 4) is 17.3 Å². The molecule has 0 aliphatic heterocycles. The molecule has 0 spiro atoms. The Balaban J connectivity index is 2.27. The molecular formula is C13H7N3O. The highest BCUT2D eigenvalue weighted by atomic mass is 16.3. The molecule has 0 saturated carbocycles. The molecule has 1 aromatic carbocycles. The molecule has 0 aliphatic carbocycles. The number of oxazole rings is 1. The van der Waals surface area contributed by atoms with Crippen molar-refractivity contribution in [1.82, 2.24) is 9.97 Å². The molecule has 0 bridgehead atoms. The second kappa shape index (κ2) is 3.72. The Bertz CT molecular complexity index is 725. The van der Waals surface area contributed by atoms with Gasteiger partial charge in [0.15, 0.2) is 12.0 Å². The summed E-state index contributed by atoms with van der Waals surface area (Å²) in [4.78, 5) is 8.42. The highest BCUT2D eigenvalue weighted by Crippen LogP contribution is 2.26. The topological polar surface area (TPSA) is 62.7 Å². The van der Waals surface area contributed by atoms with Crippen molar-refractivity contribution in [2.45, 2.75) is 0 Å². The van der Waals surface area contributed by atoms with Crippen molar-refractivity contribution in [3.63, 3.8) is 0 Å². The summed E-state index contributed by atoms with van der Waals surface area (Å²) in [6.07, 6.45) is 3.02. The third-order valence-corrected chi connectivity index (χ3v) is 2.53. The summed E-state index contributed by atoms with van der Waals surface area (Å²) in [6.45, 7) is 0. The number of nitriles is 1. The van der Waals surface area contributed by atoms with Crippen LogP contribution in [0.5, 0.6) is 0 Å². The van der Waals surface area contributed by atoms with Gasteiger partial charge >= 0.3 is 0 Å². The van der Waals surface area contributed by atoms with Crippen molar-refractivity contribution in [1.29, 1.82) is 5.26 Å². The van der Waals surface area contributed by atoms with Gasteiger partial charge in [0.2, 0.25) is 0 Å². The van der Waals surface area contributed by atoms with Gasteiger partial charge in [-0.3, -0.25) is 4.98 Å². The molecule has 17 heavy (non-hydrogen) atoms. The van der Waals surface area contributed by atoms with Crippen LogP contribution in [0, 0.1) is 11.3 Å². The van der Waals surface area contributed by atoms with E-state index >= 15 is 0 Å². The van der Waals surface area contributed by atoms with E-state index in [-0.39, 0.29) is 0 Å². The van der Waals surface area contributed by atoms with Crippen LogP contribution in [-0.4, -0.2) is 9.97 Å². The molecule has 2 heterocycles. The van der Waals surface area contributed by atoms with Gasteiger partial charge in [-0.15, -0.1) is 0 Å². The highest BCUT2D eigenvalue weighted by Gasteiger charge is 2.08. The zero-order valence-corrected chi connectivity index (χ0v) is 8.79. The summed E-state index contributed by atoms with van der Waals surface area (Å²) in [7, 11) is 0. The second-order valence-electron chi connectivity index (χ2n) is 3.55. The summed E-state index contributed by atoms with van der Waals surface area (Å²) in [5, 5.41) is 8.87. The molecule has 0 radical (unpaired) electrons. The number of pyridine rings is 1. The Morgan fingerprint density at radius 1 is 1.18 bits per heavy atom. The third-order valence-electron chi connectivity index (χ3n) is 2.53. The van der Waals surface area contributed by atoms with Gasteiger partial charge in [0.25, 0.3) is 0 Å². The number of rotatable bonds is 1. The number of fused-ring (bicyclic) bond motifs is 1. The molecular weight excluding hydrogens is 214 g/mol. The summed E-state index contributed by atoms with van der Waals surface area (Å²) >= 11 is 0. The minimum absolute atomic E-state index is 0.579. The Hall–Kier alpha value is -2.67. The van der Waals surface area contributed by atoms with Gasteiger partial charge in [-0.05, 0) is 18.2 Å². The maximum atomic E-state index is 8.87. The molecule has 4 heteroatoms. The lowest BCUT2D eigenvalue weighted by atomic mass is 10.1. The summed E-state index contributed by atoms with van der Waals surface area (Å²) in [6, 6.07) is 11.1. The molecule has 0 atom stereocenters. The van der Waals surface area contributed by atoms with Crippen molar-refractivity contribution in [3.05, 3.63) is 48.5 Å². The van der Waals surface area contributed by atoms with Crippen molar-refractivity contribution < 1.29 is 4.42 Å². The zero-order chi connectivity index (χ0) is 11.7. The molecule has 0 amide bonds. The molecule has 4 nitrogen and oxygen atoms in total. The molecule has 0 aliphatic rings. The first-order chi connectivity index (χ1) is 8.38. The fraction of sp³-hybridized carbons (Fsp3) is 0. The maximum Gasteiger partial charge on any atom is 0.182 e. The van der Waals surface area contributed by atoms with E-state index in [1.165, 1.54) is 6.39 Å². The normalized spacial score (nSPS) is 10.3. The molecule has 2 aromatic heterocycles. The predicted molar refractivity (Wildman–Crippen MR) is 62.0 cm³/mol. The van der Waals surface area contributed by atoms with Crippen molar-refractivity contribution in [2.24, 2.45) is 0 Å². The number of hydrogen-bond donors (Lipinski definition) is 0. The van der Waals surface area contributed by atoms with Crippen LogP contribution >= 0.6 is 0 Å². The summed E-state index contributed by atoms with van der Waals surface area (Å²) in [5.41, 5.74) is 3.65. The van der Waals surface area contributed by atoms with Crippen molar-refractivity contribution in [2.75, 3.05) is 0 Å². The van der Waals surface area contributed by atoms with Crippen molar-refractivity contribution >= 4 is 11.1 Å². The summed E-state index contributed by atoms with van der Waals surface area (Å²) < 4.78 is 5.23. The van der Waals surface area contributed by atoms with Crippen LogP contribution in [-0.2, 0) is 0 Å². The minimum atomic E-state index is 0.579. The fourth-order valence-corrected chi connectivity index (χ4v) is 1.74. The molecule has 3 rings (SSSR count). The molecule has 0 fully saturated rings. The predicted octanol–water partition coefficient (Wildman–Crippen LogP) is 2.76. The number of benzene rings is 1. The Labute approximate surface area is 97.2 Å². The van der Waals surface area contributed by atoms with E-state index in [4.69, 9.17) is 9.68 Å². The fourth-order valence-electron chi connectivity index (χ4n) is 1.74. The lowest BCUT2D eigenvalue weighted by Gasteiger charge is -2.01. The molecule has 3 aromatic rings. The third kappa shape index (κ3) is 1.54. The van der Waals surface area contributed by atoms with Crippen LogP contribution in [0.2, 0.25) is 0 Å². The van der Waals surface area contributed by atoms with Gasteiger partial charge in [-0.2, -0.15) is 5.26 Å². The second-order valence-corrected chi connectivity index (χ2v) is 3.55. The Kier molecular flexibility index (Phi) is 2.09. The largest absolute Gasteiger partial charge is 0.443 e. The van der Waals surface area contributed by atoms with E-state index in [1.807, 2.05) is 18.2 Å². The van der Waals surface area contributed by atoms with Crippen LogP contribution in [0.1, 0.15) is 5.56 Å². The average Bonchev–Trinajstić information content (AvgIpc) is 2.87. The van der Waals surface area contributed by atoms with Gasteiger partial charge in [-0.1, -0.05) is 12.1 Å². The van der Waals surface area contributed by atoms with Crippen LogP contribution < -0.4 is 0 Å². The Morgan fingerprint density at radius 2 is 2.12 bits per heavy atom. The van der Waals surface area contributed by atoms with E-state index < -0.39 is 0 Å². The number of para-hydroxylation sites is 1. The quantitative estimate of drug-likeness (QED) is 0.633. The van der Waals surface area contributed by atoms with E-state index in [0.717, 1.165) is 16.8 Å². The van der Waals surface area contributed by atoms with Gasteiger partial charge in [0.05, 0.1) is 17.3 Å². The first-order valence-electron chi connectivity index (χ1n) is 5.07. The first-order valence-corrected chi connectivity index (χ1v) is 5.07. The minimum Gasteiger partial charge on any atom is -0.443 e. The molecule has 80 valence electrons. The van der Waals surface area contributed by atoms with Gasteiger partial charge in [-0.25, -0.2) is 4.98 Å². The number of nitrogens with zero attached hydrogens (tertiary/aromatic N) is 3. The van der Waals surface area contributed by atoms with Gasteiger partial charge in [0.1, 0.15) is 5.52 Å². The monoisotopic (exact) mass is 221 g/mol. The van der Waals surface area contributed by atoms with E-state index in [9.17, 15) is 0 Å². The first kappa shape index (κ1) is 9.55. The average molecular weight is 221 g/mol. The van der Waals surface area contributed by atoms with E-state index in [2.05, 4.69) is 16.0 Å². The van der Waals surface area contributed by atoms with Crippen LogP contribution in [0.15, 0.2) is 47.3 Å². The zero-order valence-electron chi connectivity index (χ0n) is 8.79. The standard InChI is InChI=1S/C13H7N3O/c14-7-9-4-5-15-11(6-9)10-2-1-3-12-13(10)16-8-17-12/h1-6,8H. The molecule has 0 saturated heterocycles. The van der Waals surface area contributed by atoms with E-state index in [1.54, 1.807) is 18.3 Å². The van der Waals surface area contributed by atoms with Crippen LogP contribution in [0.4, 0.5) is 0 Å². The van der Waals surface area contributed by atoms with Crippen LogP contribution in [0.3, 0.4) is 0 Å². The van der Waals surface area contributed by atoms with Gasteiger partial charge < -0.3 is 4.42 Å². The lowest BCUT2D eigenvalue weighted by Crippen LogP contribution is -1.86. The highest BCUT2D eigenvalue weighted by molar-refractivity contribution is 5.89. The molecule has 0 unspecified atom stereocenters. The van der Waals surface area contributed by atoms with E-state index in [0.29, 0.717) is 11.1 Å². The van der Waals surface area contributed by atoms with Crippen LogP contribution in [0.25, 0.3) is 22.4 Å². The lowest BCUT2D eigenvalue weighted by molar-refractivity contribution is 0.602. The maximum absolute atomic E-state index is 8.87. The number of hydrogen-bond acceptors (Lipinski definition) is 4. The Morgan fingerprint density at radius 3 is 3.00 bits per heavy atom. The smallest absolute Gasteiger partial charge is 0.182 e. The summed E-state index contributed by atoms with van der Waals surface area (Å²) in [5.74, 6) is 0. The SMILES string of the molecule is N#Cc1ccnc(-c2cccc3ocnc23)c1. The van der Waals surface area contributed by atoms with Gasteiger partial charge in [0, 0.05) is 11.8 Å².